The zero-order valence-electron chi connectivity index (χ0n) is 13.7. The molecule has 6 nitrogen and oxygen atoms in total. The molecule has 7 heteroatoms. The topological polar surface area (TPSA) is 81.5 Å². The Bertz CT molecular complexity index is 536. The van der Waals surface area contributed by atoms with Crippen LogP contribution in [0, 0.1) is 17.2 Å². The van der Waals surface area contributed by atoms with Gasteiger partial charge in [0, 0.05) is 25.9 Å². The van der Waals surface area contributed by atoms with E-state index in [1.807, 2.05) is 6.07 Å². The van der Waals surface area contributed by atoms with Crippen LogP contribution in [-0.4, -0.2) is 59.2 Å². The molecule has 3 atom stereocenters. The molecule has 126 valence electrons. The van der Waals surface area contributed by atoms with E-state index in [1.165, 1.54) is 25.8 Å². The molecule has 0 aromatic carbocycles. The zero-order valence-corrected chi connectivity index (χ0v) is 13.7. The van der Waals surface area contributed by atoms with E-state index < -0.39 is 35.5 Å². The fourth-order valence-corrected chi connectivity index (χ4v) is 2.67. The Morgan fingerprint density at radius 2 is 2.17 bits per heavy atom. The normalized spacial score (nSPS) is 22.1. The number of nitrogens with zero attached hydrogens (tertiary/aromatic N) is 3. The Hall–Kier alpha value is -2.23. The van der Waals surface area contributed by atoms with Gasteiger partial charge in [0.1, 0.15) is 24.0 Å². The predicted octanol–water partition coefficient (Wildman–Crippen LogP) is 1.08. The molecule has 1 rings (SSSR count). The van der Waals surface area contributed by atoms with E-state index in [0.717, 1.165) is 11.0 Å². The zero-order chi connectivity index (χ0) is 17.8. The molecular weight excluding hydrogens is 301 g/mol. The number of nitriles is 1. The van der Waals surface area contributed by atoms with Crippen molar-refractivity contribution in [3.05, 3.63) is 12.7 Å². The first kappa shape index (κ1) is 18.8. The van der Waals surface area contributed by atoms with Gasteiger partial charge in [-0.15, -0.1) is 0 Å². The van der Waals surface area contributed by atoms with Crippen LogP contribution in [0.15, 0.2) is 12.7 Å². The Kier molecular flexibility index (Phi) is 6.02. The van der Waals surface area contributed by atoms with E-state index in [-0.39, 0.29) is 19.4 Å². The van der Waals surface area contributed by atoms with Crippen molar-refractivity contribution < 1.29 is 18.8 Å². The molecule has 0 aromatic heterocycles. The van der Waals surface area contributed by atoms with E-state index in [2.05, 4.69) is 6.58 Å². The summed E-state index contributed by atoms with van der Waals surface area (Å²) in [6.07, 6.45) is 1.81. The second-order valence-electron chi connectivity index (χ2n) is 6.36. The van der Waals surface area contributed by atoms with Gasteiger partial charge in [-0.25, -0.2) is 4.39 Å². The van der Waals surface area contributed by atoms with Gasteiger partial charge in [-0.2, -0.15) is 5.26 Å². The first-order valence-corrected chi connectivity index (χ1v) is 7.38. The van der Waals surface area contributed by atoms with Crippen molar-refractivity contribution in [2.75, 3.05) is 13.6 Å². The number of amides is 2. The van der Waals surface area contributed by atoms with E-state index in [4.69, 9.17) is 0 Å². The van der Waals surface area contributed by atoms with Gasteiger partial charge in [0.15, 0.2) is 0 Å². The number of halogens is 1. The van der Waals surface area contributed by atoms with Crippen LogP contribution in [0.3, 0.4) is 0 Å². The third-order valence-corrected chi connectivity index (χ3v) is 3.91. The summed E-state index contributed by atoms with van der Waals surface area (Å²) in [6.45, 7) is 6.11. The lowest BCUT2D eigenvalue weighted by Crippen LogP contribution is -2.52. The van der Waals surface area contributed by atoms with Gasteiger partial charge >= 0.3 is 0 Å². The molecule has 0 spiro atoms. The first-order chi connectivity index (χ1) is 10.6. The third kappa shape index (κ3) is 4.62. The van der Waals surface area contributed by atoms with Gasteiger partial charge in [0.2, 0.25) is 11.8 Å². The lowest BCUT2D eigenvalue weighted by molar-refractivity contribution is -0.144. The standard InChI is InChI=1S/C16H22FN3O3/c1-5-14(22)19(4)13(7-16(2,3)17)15(23)20-9-11(10-21)6-12(20)8-18/h5,10-13H,1,6-7,9H2,2-4H3. The highest BCUT2D eigenvalue weighted by Crippen LogP contribution is 2.26. The Morgan fingerprint density at radius 1 is 1.57 bits per heavy atom. The number of hydrogen-bond donors (Lipinski definition) is 0. The number of carbonyl (C=O) groups is 3. The van der Waals surface area contributed by atoms with E-state index in [9.17, 15) is 24.0 Å². The van der Waals surface area contributed by atoms with Crippen molar-refractivity contribution >= 4 is 18.1 Å². The SMILES string of the molecule is C=CC(=O)N(C)C(CC(C)(C)F)C(=O)N1CC(C=O)CC1C#N. The summed E-state index contributed by atoms with van der Waals surface area (Å²) in [6, 6.07) is 0.193. The Labute approximate surface area is 135 Å². The van der Waals surface area contributed by atoms with Crippen molar-refractivity contribution in [2.45, 2.75) is 44.4 Å². The molecule has 0 radical (unpaired) electrons. The van der Waals surface area contributed by atoms with Crippen LogP contribution in [0.5, 0.6) is 0 Å². The lowest BCUT2D eigenvalue weighted by atomic mass is 9.98. The highest BCUT2D eigenvalue weighted by molar-refractivity contribution is 5.93. The second-order valence-corrected chi connectivity index (χ2v) is 6.36. The van der Waals surface area contributed by atoms with Crippen LogP contribution >= 0.6 is 0 Å². The largest absolute Gasteiger partial charge is 0.330 e. The molecule has 1 aliphatic heterocycles. The van der Waals surface area contributed by atoms with Gasteiger partial charge in [0.05, 0.1) is 6.07 Å². The number of carbonyl (C=O) groups excluding carboxylic acids is 3. The van der Waals surface area contributed by atoms with Crippen LogP contribution in [0.1, 0.15) is 26.7 Å². The van der Waals surface area contributed by atoms with E-state index in [1.54, 1.807) is 0 Å². The molecule has 1 fully saturated rings. The van der Waals surface area contributed by atoms with Crippen LogP contribution in [-0.2, 0) is 14.4 Å². The van der Waals surface area contributed by atoms with Crippen LogP contribution < -0.4 is 0 Å². The number of aldehydes is 1. The molecule has 0 aliphatic carbocycles. The number of alkyl halides is 1. The first-order valence-electron chi connectivity index (χ1n) is 7.38. The van der Waals surface area contributed by atoms with E-state index >= 15 is 0 Å². The van der Waals surface area contributed by atoms with Crippen LogP contribution in [0.25, 0.3) is 0 Å². The fourth-order valence-electron chi connectivity index (χ4n) is 2.67. The smallest absolute Gasteiger partial charge is 0.246 e. The average Bonchev–Trinajstić information content (AvgIpc) is 2.92. The van der Waals surface area contributed by atoms with Crippen molar-refractivity contribution in [2.24, 2.45) is 5.92 Å². The number of likely N-dealkylation sites (tertiary alicyclic amines) is 1. The molecule has 0 saturated carbocycles. The molecule has 3 unspecified atom stereocenters. The summed E-state index contributed by atoms with van der Waals surface area (Å²) in [5.74, 6) is -1.44. The molecule has 23 heavy (non-hydrogen) atoms. The minimum atomic E-state index is -1.68. The molecule has 0 N–H and O–H groups in total. The van der Waals surface area contributed by atoms with Crippen molar-refractivity contribution in [1.82, 2.24) is 9.80 Å². The summed E-state index contributed by atoms with van der Waals surface area (Å²) in [4.78, 5) is 37.9. The highest BCUT2D eigenvalue weighted by atomic mass is 19.1. The van der Waals surface area contributed by atoms with Crippen molar-refractivity contribution in [3.8, 4) is 6.07 Å². The molecule has 1 heterocycles. The number of likely N-dealkylation sites (N-methyl/N-ethyl adjacent to an activating group) is 1. The van der Waals surface area contributed by atoms with Gasteiger partial charge in [-0.3, -0.25) is 9.59 Å². The summed E-state index contributed by atoms with van der Waals surface area (Å²) >= 11 is 0. The number of hydrogen-bond acceptors (Lipinski definition) is 4. The van der Waals surface area contributed by atoms with Gasteiger partial charge in [-0.05, 0) is 26.3 Å². The molecule has 1 saturated heterocycles. The minimum Gasteiger partial charge on any atom is -0.330 e. The average molecular weight is 323 g/mol. The summed E-state index contributed by atoms with van der Waals surface area (Å²) in [5, 5.41) is 9.18. The fraction of sp³-hybridized carbons (Fsp3) is 0.625. The van der Waals surface area contributed by atoms with Gasteiger partial charge in [0.25, 0.3) is 0 Å². The monoisotopic (exact) mass is 323 g/mol. The molecule has 2 amide bonds. The maximum Gasteiger partial charge on any atom is 0.246 e. The van der Waals surface area contributed by atoms with Crippen LogP contribution in [0.2, 0.25) is 0 Å². The van der Waals surface area contributed by atoms with Crippen molar-refractivity contribution in [1.29, 1.82) is 5.26 Å². The van der Waals surface area contributed by atoms with Gasteiger partial charge in [-0.1, -0.05) is 6.58 Å². The summed E-state index contributed by atoms with van der Waals surface area (Å²) in [7, 11) is 1.40. The lowest BCUT2D eigenvalue weighted by Gasteiger charge is -2.33. The maximum atomic E-state index is 14.1. The molecule has 0 bridgehead atoms. The Balaban J connectivity index is 3.08. The highest BCUT2D eigenvalue weighted by Gasteiger charge is 2.41. The predicted molar refractivity (Wildman–Crippen MR) is 81.8 cm³/mol. The molecular formula is C16H22FN3O3. The van der Waals surface area contributed by atoms with Crippen LogP contribution in [0.4, 0.5) is 4.39 Å². The maximum absolute atomic E-state index is 14.1. The Morgan fingerprint density at radius 3 is 2.61 bits per heavy atom. The summed E-state index contributed by atoms with van der Waals surface area (Å²) in [5.41, 5.74) is -1.68. The van der Waals surface area contributed by atoms with Gasteiger partial charge < -0.3 is 14.6 Å². The van der Waals surface area contributed by atoms with Crippen molar-refractivity contribution in [3.63, 3.8) is 0 Å². The minimum absolute atomic E-state index is 0.111. The third-order valence-electron chi connectivity index (χ3n) is 3.91. The summed E-state index contributed by atoms with van der Waals surface area (Å²) < 4.78 is 14.1. The number of rotatable bonds is 6. The quantitative estimate of drug-likeness (QED) is 0.541. The molecule has 1 aliphatic rings. The molecule has 0 aromatic rings. The van der Waals surface area contributed by atoms with E-state index in [0.29, 0.717) is 6.29 Å². The second kappa shape index (κ2) is 7.36.